The molecule has 0 aliphatic heterocycles. The van der Waals surface area contributed by atoms with Crippen molar-refractivity contribution >= 4 is 11.5 Å². The summed E-state index contributed by atoms with van der Waals surface area (Å²) in [6.07, 6.45) is 1.26. The van der Waals surface area contributed by atoms with Gasteiger partial charge in [-0.3, -0.25) is 19.9 Å². The van der Waals surface area contributed by atoms with Crippen LogP contribution >= 0.6 is 0 Å². The molecule has 0 fully saturated rings. The number of rotatable bonds is 3. The first kappa shape index (κ1) is 10.9. The van der Waals surface area contributed by atoms with Gasteiger partial charge in [-0.25, -0.2) is 0 Å². The Labute approximate surface area is 96.9 Å². The number of hydrogen-bond acceptors (Lipinski definition) is 4. The van der Waals surface area contributed by atoms with Crippen LogP contribution in [-0.4, -0.2) is 15.7 Å². The number of carbonyl (C=O) groups excluding carboxylic acids is 1. The van der Waals surface area contributed by atoms with E-state index in [1.165, 1.54) is 18.3 Å². The van der Waals surface area contributed by atoms with Crippen LogP contribution in [0.4, 0.5) is 5.69 Å². The highest BCUT2D eigenvalue weighted by Crippen LogP contribution is 2.14. The van der Waals surface area contributed by atoms with E-state index in [-0.39, 0.29) is 17.2 Å². The molecule has 1 heterocycles. The van der Waals surface area contributed by atoms with Crippen molar-refractivity contribution in [3.05, 3.63) is 70.0 Å². The van der Waals surface area contributed by atoms with E-state index in [0.29, 0.717) is 5.56 Å². The molecule has 0 unspecified atom stereocenters. The molecule has 1 aromatic carbocycles. The summed E-state index contributed by atoms with van der Waals surface area (Å²) in [5.41, 5.74) is 0.394. The highest BCUT2D eigenvalue weighted by atomic mass is 16.6. The normalized spacial score (nSPS) is 9.88. The fraction of sp³-hybridized carbons (Fsp3) is 0. The molecular weight excluding hydrogens is 220 g/mol. The third kappa shape index (κ3) is 2.34. The first-order valence-electron chi connectivity index (χ1n) is 4.88. The van der Waals surface area contributed by atoms with Crippen LogP contribution in [0.25, 0.3) is 0 Å². The zero-order valence-electron chi connectivity index (χ0n) is 8.74. The maximum Gasteiger partial charge on any atom is 0.273 e. The minimum atomic E-state index is -0.552. The molecule has 0 saturated heterocycles. The summed E-state index contributed by atoms with van der Waals surface area (Å²) in [5, 5.41) is 10.6. The quantitative estimate of drug-likeness (QED) is 0.458. The molecule has 0 atom stereocenters. The molecular formula is C12H8N2O3. The SMILES string of the molecule is O=C(c1ccccc1)c1cc([N+](=O)[O-])ccn1. The van der Waals surface area contributed by atoms with Gasteiger partial charge in [0.2, 0.25) is 5.78 Å². The smallest absolute Gasteiger partial charge is 0.273 e. The van der Waals surface area contributed by atoms with E-state index in [1.807, 2.05) is 0 Å². The Bertz CT molecular complexity index is 567. The van der Waals surface area contributed by atoms with Gasteiger partial charge in [0.05, 0.1) is 4.92 Å². The molecule has 0 saturated carbocycles. The summed E-state index contributed by atoms with van der Waals surface area (Å²) < 4.78 is 0. The summed E-state index contributed by atoms with van der Waals surface area (Å²) in [5.74, 6) is -0.325. The molecule has 5 heteroatoms. The molecule has 0 aliphatic rings. The second kappa shape index (κ2) is 4.52. The van der Waals surface area contributed by atoms with Crippen molar-refractivity contribution in [1.82, 2.24) is 4.98 Å². The van der Waals surface area contributed by atoms with Crippen molar-refractivity contribution in [2.24, 2.45) is 0 Å². The number of ketones is 1. The lowest BCUT2D eigenvalue weighted by Crippen LogP contribution is -2.04. The predicted molar refractivity (Wildman–Crippen MR) is 60.8 cm³/mol. The van der Waals surface area contributed by atoms with Crippen LogP contribution in [0.15, 0.2) is 48.7 Å². The highest BCUT2D eigenvalue weighted by Gasteiger charge is 2.14. The van der Waals surface area contributed by atoms with E-state index < -0.39 is 4.92 Å². The third-order valence-corrected chi connectivity index (χ3v) is 2.22. The molecule has 0 bridgehead atoms. The maximum atomic E-state index is 11.9. The summed E-state index contributed by atoms with van der Waals surface area (Å²) in [7, 11) is 0. The largest absolute Gasteiger partial charge is 0.287 e. The molecule has 2 rings (SSSR count). The molecule has 84 valence electrons. The van der Waals surface area contributed by atoms with Gasteiger partial charge in [0.1, 0.15) is 5.69 Å². The number of benzene rings is 1. The summed E-state index contributed by atoms with van der Waals surface area (Å²) >= 11 is 0. The van der Waals surface area contributed by atoms with Crippen molar-refractivity contribution in [3.63, 3.8) is 0 Å². The molecule has 0 N–H and O–H groups in total. The van der Waals surface area contributed by atoms with Gasteiger partial charge in [0, 0.05) is 23.9 Å². The minimum absolute atomic E-state index is 0.0744. The second-order valence-electron chi connectivity index (χ2n) is 3.35. The van der Waals surface area contributed by atoms with E-state index in [0.717, 1.165) is 0 Å². The maximum absolute atomic E-state index is 11.9. The molecule has 0 spiro atoms. The van der Waals surface area contributed by atoms with Gasteiger partial charge >= 0.3 is 0 Å². The number of pyridine rings is 1. The lowest BCUT2D eigenvalue weighted by Gasteiger charge is -1.99. The summed E-state index contributed by atoms with van der Waals surface area (Å²) in [6, 6.07) is 11.0. The van der Waals surface area contributed by atoms with Crippen molar-refractivity contribution < 1.29 is 9.72 Å². The first-order chi connectivity index (χ1) is 8.18. The Hall–Kier alpha value is -2.56. The minimum Gasteiger partial charge on any atom is -0.287 e. The molecule has 0 amide bonds. The number of hydrogen-bond donors (Lipinski definition) is 0. The van der Waals surface area contributed by atoms with Crippen molar-refractivity contribution in [2.75, 3.05) is 0 Å². The standard InChI is InChI=1S/C12H8N2O3/c15-12(9-4-2-1-3-5-9)11-8-10(14(16)17)6-7-13-11/h1-8H. The Kier molecular flexibility index (Phi) is 2.91. The van der Waals surface area contributed by atoms with Gasteiger partial charge in [-0.2, -0.15) is 0 Å². The topological polar surface area (TPSA) is 73.1 Å². The van der Waals surface area contributed by atoms with Crippen LogP contribution in [0.2, 0.25) is 0 Å². The zero-order chi connectivity index (χ0) is 12.3. The molecule has 0 radical (unpaired) electrons. The van der Waals surface area contributed by atoms with Crippen LogP contribution in [0, 0.1) is 10.1 Å². The van der Waals surface area contributed by atoms with Crippen LogP contribution in [0.5, 0.6) is 0 Å². The van der Waals surface area contributed by atoms with E-state index in [4.69, 9.17) is 0 Å². The van der Waals surface area contributed by atoms with Crippen molar-refractivity contribution in [1.29, 1.82) is 0 Å². The highest BCUT2D eigenvalue weighted by molar-refractivity contribution is 6.07. The second-order valence-corrected chi connectivity index (χ2v) is 3.35. The average Bonchev–Trinajstić information content (AvgIpc) is 2.39. The van der Waals surface area contributed by atoms with E-state index >= 15 is 0 Å². The molecule has 2 aromatic rings. The number of carbonyl (C=O) groups is 1. The van der Waals surface area contributed by atoms with Crippen LogP contribution in [0.3, 0.4) is 0 Å². The predicted octanol–water partition coefficient (Wildman–Crippen LogP) is 2.22. The van der Waals surface area contributed by atoms with Gasteiger partial charge in [-0.05, 0) is 0 Å². The lowest BCUT2D eigenvalue weighted by atomic mass is 10.1. The Morgan fingerprint density at radius 2 is 1.88 bits per heavy atom. The van der Waals surface area contributed by atoms with Gasteiger partial charge in [-0.15, -0.1) is 0 Å². The number of nitrogens with zero attached hydrogens (tertiary/aromatic N) is 2. The Morgan fingerprint density at radius 1 is 1.18 bits per heavy atom. The molecule has 5 nitrogen and oxygen atoms in total. The zero-order valence-corrected chi connectivity index (χ0v) is 8.74. The average molecular weight is 228 g/mol. The van der Waals surface area contributed by atoms with Crippen molar-refractivity contribution in [3.8, 4) is 0 Å². The molecule has 1 aromatic heterocycles. The van der Waals surface area contributed by atoms with E-state index in [9.17, 15) is 14.9 Å². The first-order valence-corrected chi connectivity index (χ1v) is 4.88. The molecule has 0 aliphatic carbocycles. The fourth-order valence-electron chi connectivity index (χ4n) is 1.39. The number of aromatic nitrogens is 1. The third-order valence-electron chi connectivity index (χ3n) is 2.22. The molecule has 17 heavy (non-hydrogen) atoms. The van der Waals surface area contributed by atoms with Gasteiger partial charge in [-0.1, -0.05) is 30.3 Å². The van der Waals surface area contributed by atoms with Crippen molar-refractivity contribution in [2.45, 2.75) is 0 Å². The van der Waals surface area contributed by atoms with Crippen LogP contribution in [0.1, 0.15) is 16.1 Å². The summed E-state index contributed by atoms with van der Waals surface area (Å²) in [6.45, 7) is 0. The monoisotopic (exact) mass is 228 g/mol. The fourth-order valence-corrected chi connectivity index (χ4v) is 1.39. The Morgan fingerprint density at radius 3 is 2.53 bits per heavy atom. The summed E-state index contributed by atoms with van der Waals surface area (Å²) in [4.78, 5) is 25.8. The lowest BCUT2D eigenvalue weighted by molar-refractivity contribution is -0.385. The Balaban J connectivity index is 2.38. The van der Waals surface area contributed by atoms with Gasteiger partial charge in [0.25, 0.3) is 5.69 Å². The van der Waals surface area contributed by atoms with Gasteiger partial charge in [0.15, 0.2) is 0 Å². The van der Waals surface area contributed by atoms with E-state index in [2.05, 4.69) is 4.98 Å². The van der Waals surface area contributed by atoms with Crippen LogP contribution < -0.4 is 0 Å². The van der Waals surface area contributed by atoms with Gasteiger partial charge < -0.3 is 0 Å². The number of nitro groups is 1. The van der Waals surface area contributed by atoms with E-state index in [1.54, 1.807) is 30.3 Å². The van der Waals surface area contributed by atoms with Crippen LogP contribution in [-0.2, 0) is 0 Å².